The van der Waals surface area contributed by atoms with Gasteiger partial charge in [0, 0.05) is 16.5 Å². The molecular weight excluding hydrogens is 482 g/mol. The minimum atomic E-state index is 1.07. The normalized spacial score (nSPS) is 12.8. The highest BCUT2D eigenvalue weighted by Crippen LogP contribution is 2.32. The second-order valence-electron chi connectivity index (χ2n) is 9.22. The van der Waals surface area contributed by atoms with Crippen molar-refractivity contribution in [3.05, 3.63) is 182 Å². The fraction of sp³-hybridized carbons (Fsp3) is 0.0769. The van der Waals surface area contributed by atoms with Gasteiger partial charge in [0.05, 0.1) is 11.0 Å². The van der Waals surface area contributed by atoms with Crippen LogP contribution in [0.3, 0.4) is 0 Å². The molecule has 0 saturated heterocycles. The van der Waals surface area contributed by atoms with Gasteiger partial charge in [-0.3, -0.25) is 0 Å². The van der Waals surface area contributed by atoms with Gasteiger partial charge in [0.1, 0.15) is 0 Å². The van der Waals surface area contributed by atoms with E-state index in [0.717, 1.165) is 11.3 Å². The predicted molar refractivity (Wildman–Crippen MR) is 180 cm³/mol. The van der Waals surface area contributed by atoms with Crippen molar-refractivity contribution in [1.29, 1.82) is 0 Å². The molecule has 0 spiro atoms. The molecule has 1 heteroatoms. The Morgan fingerprint density at radius 1 is 0.650 bits per heavy atom. The van der Waals surface area contributed by atoms with Gasteiger partial charge in [-0.1, -0.05) is 141 Å². The zero-order chi connectivity index (χ0) is 28.7. The maximum Gasteiger partial charge on any atom is 0.0541 e. The highest BCUT2D eigenvalue weighted by atomic mass is 15.0. The molecule has 0 bridgehead atoms. The molecule has 0 atom stereocenters. The minimum Gasteiger partial charge on any atom is -0.309 e. The number of para-hydroxylation sites is 2. The molecule has 0 amide bonds. The van der Waals surface area contributed by atoms with Crippen LogP contribution in [0.5, 0.6) is 0 Å². The summed E-state index contributed by atoms with van der Waals surface area (Å²) in [5.41, 5.74) is 8.43. The number of fused-ring (bicyclic) bond motifs is 3. The SMILES string of the molecule is C=C/C=C(\C=C/C)/C=C\C(=C/C=C)n1c2ccccc2c2ccccc21.C=C/C=C\C=C(/C)c1ccccc1C. The number of nitrogens with zero attached hydrogens (tertiary/aromatic N) is 1. The molecule has 3 aromatic carbocycles. The average molecular weight is 522 g/mol. The number of hydrogen-bond acceptors (Lipinski definition) is 0. The predicted octanol–water partition coefficient (Wildman–Crippen LogP) is 11.2. The van der Waals surface area contributed by atoms with Gasteiger partial charge >= 0.3 is 0 Å². The summed E-state index contributed by atoms with van der Waals surface area (Å²) in [6.45, 7) is 17.6. The van der Waals surface area contributed by atoms with Crippen molar-refractivity contribution in [3.8, 4) is 0 Å². The first-order chi connectivity index (χ1) is 19.5. The summed E-state index contributed by atoms with van der Waals surface area (Å²) in [5.74, 6) is 0. The Bertz CT molecular complexity index is 1600. The van der Waals surface area contributed by atoms with Gasteiger partial charge in [-0.05, 0) is 67.3 Å². The van der Waals surface area contributed by atoms with Gasteiger partial charge < -0.3 is 4.57 Å². The molecule has 0 unspecified atom stereocenters. The summed E-state index contributed by atoms with van der Waals surface area (Å²) in [6.07, 6.45) is 23.8. The van der Waals surface area contributed by atoms with E-state index in [4.69, 9.17) is 0 Å². The van der Waals surface area contributed by atoms with Gasteiger partial charge in [0.15, 0.2) is 0 Å². The third kappa shape index (κ3) is 7.58. The lowest BCUT2D eigenvalue weighted by molar-refractivity contribution is 1.24. The topological polar surface area (TPSA) is 4.93 Å². The molecule has 0 saturated carbocycles. The first-order valence-corrected chi connectivity index (χ1v) is 13.5. The van der Waals surface area contributed by atoms with E-state index in [-0.39, 0.29) is 0 Å². The van der Waals surface area contributed by atoms with E-state index in [0.29, 0.717) is 0 Å². The fourth-order valence-corrected chi connectivity index (χ4v) is 4.59. The largest absolute Gasteiger partial charge is 0.309 e. The Morgan fingerprint density at radius 3 is 1.82 bits per heavy atom. The number of aromatic nitrogens is 1. The molecular formula is C39H39N. The maximum atomic E-state index is 3.90. The summed E-state index contributed by atoms with van der Waals surface area (Å²) in [5, 5.41) is 2.50. The van der Waals surface area contributed by atoms with E-state index in [9.17, 15) is 0 Å². The van der Waals surface area contributed by atoms with Crippen molar-refractivity contribution in [2.45, 2.75) is 20.8 Å². The first-order valence-electron chi connectivity index (χ1n) is 13.5. The fourth-order valence-electron chi connectivity index (χ4n) is 4.59. The van der Waals surface area contributed by atoms with Crippen LogP contribution in [0.15, 0.2) is 171 Å². The Morgan fingerprint density at radius 2 is 1.25 bits per heavy atom. The van der Waals surface area contributed by atoms with E-state index in [1.54, 1.807) is 12.2 Å². The Labute approximate surface area is 240 Å². The van der Waals surface area contributed by atoms with Crippen LogP contribution in [0.4, 0.5) is 0 Å². The maximum absolute atomic E-state index is 3.90. The molecule has 200 valence electrons. The molecule has 4 rings (SSSR count). The quantitative estimate of drug-likeness (QED) is 0.193. The van der Waals surface area contributed by atoms with Crippen LogP contribution in [0.25, 0.3) is 33.1 Å². The highest BCUT2D eigenvalue weighted by Gasteiger charge is 2.11. The molecule has 0 aliphatic heterocycles. The number of allylic oxidation sites excluding steroid dienone is 15. The monoisotopic (exact) mass is 521 g/mol. The zero-order valence-electron chi connectivity index (χ0n) is 23.9. The lowest BCUT2D eigenvalue weighted by atomic mass is 10.0. The van der Waals surface area contributed by atoms with Gasteiger partial charge in [-0.25, -0.2) is 0 Å². The summed E-state index contributed by atoms with van der Waals surface area (Å²) >= 11 is 0. The molecule has 0 fully saturated rings. The van der Waals surface area contributed by atoms with Gasteiger partial charge in [0.2, 0.25) is 0 Å². The van der Waals surface area contributed by atoms with E-state index >= 15 is 0 Å². The van der Waals surface area contributed by atoms with Crippen LogP contribution in [-0.2, 0) is 0 Å². The second kappa shape index (κ2) is 15.5. The molecule has 0 aliphatic rings. The van der Waals surface area contributed by atoms with E-state index in [2.05, 4.69) is 135 Å². The molecule has 4 aromatic rings. The number of hydrogen-bond donors (Lipinski definition) is 0. The standard InChI is InChI=1S/C25H23N.C14H16/c1-4-11-20(12-5-2)18-19-21(13-6-3)26-24-16-9-7-14-22(24)23-15-8-10-17-25(23)26;1-4-5-6-9-12(2)14-11-8-7-10-13(14)3/h4-19H,1,3H2,2H3;4-11H,1H2,2-3H3/b12-5-,19-18-,20-11+,21-13+;6-5-,12-9+. The van der Waals surface area contributed by atoms with Crippen LogP contribution in [-0.4, -0.2) is 4.57 Å². The summed E-state index contributed by atoms with van der Waals surface area (Å²) in [6, 6.07) is 25.4. The van der Waals surface area contributed by atoms with Crippen LogP contribution in [0.2, 0.25) is 0 Å². The second-order valence-corrected chi connectivity index (χ2v) is 9.22. The molecule has 0 aliphatic carbocycles. The van der Waals surface area contributed by atoms with Crippen LogP contribution < -0.4 is 0 Å². The minimum absolute atomic E-state index is 1.07. The van der Waals surface area contributed by atoms with Crippen molar-refractivity contribution in [2.75, 3.05) is 0 Å². The number of benzene rings is 3. The molecule has 0 N–H and O–H groups in total. The summed E-state index contributed by atoms with van der Waals surface area (Å²) < 4.78 is 2.28. The lowest BCUT2D eigenvalue weighted by Crippen LogP contribution is -1.94. The smallest absolute Gasteiger partial charge is 0.0541 e. The van der Waals surface area contributed by atoms with Crippen LogP contribution in [0, 0.1) is 6.92 Å². The van der Waals surface area contributed by atoms with Crippen LogP contribution in [0.1, 0.15) is 25.0 Å². The molecule has 1 aromatic heterocycles. The third-order valence-electron chi connectivity index (χ3n) is 6.41. The van der Waals surface area contributed by atoms with Gasteiger partial charge in [-0.15, -0.1) is 0 Å². The molecule has 40 heavy (non-hydrogen) atoms. The van der Waals surface area contributed by atoms with E-state index < -0.39 is 0 Å². The molecule has 0 radical (unpaired) electrons. The van der Waals surface area contributed by atoms with Crippen LogP contribution >= 0.6 is 0 Å². The van der Waals surface area contributed by atoms with Crippen molar-refractivity contribution in [2.24, 2.45) is 0 Å². The molecule has 1 nitrogen and oxygen atoms in total. The summed E-state index contributed by atoms with van der Waals surface area (Å²) in [4.78, 5) is 0. The third-order valence-corrected chi connectivity index (χ3v) is 6.41. The van der Waals surface area contributed by atoms with E-state index in [1.807, 2.05) is 43.4 Å². The van der Waals surface area contributed by atoms with Crippen molar-refractivity contribution < 1.29 is 0 Å². The average Bonchev–Trinajstić information content (AvgIpc) is 3.30. The first kappa shape index (κ1) is 29.7. The zero-order valence-corrected chi connectivity index (χ0v) is 23.9. The van der Waals surface area contributed by atoms with E-state index in [1.165, 1.54) is 38.5 Å². The van der Waals surface area contributed by atoms with Gasteiger partial charge in [-0.2, -0.15) is 0 Å². The Kier molecular flexibility index (Phi) is 11.5. The number of rotatable bonds is 9. The highest BCUT2D eigenvalue weighted by molar-refractivity contribution is 6.10. The summed E-state index contributed by atoms with van der Waals surface area (Å²) in [7, 11) is 0. The Hall–Kier alpha value is -4.88. The van der Waals surface area contributed by atoms with Crippen molar-refractivity contribution in [3.63, 3.8) is 0 Å². The molecule has 1 heterocycles. The van der Waals surface area contributed by atoms with Crippen molar-refractivity contribution >= 4 is 33.1 Å². The number of aryl methyl sites for hydroxylation is 1. The Balaban J connectivity index is 0.000000267. The van der Waals surface area contributed by atoms with Gasteiger partial charge in [0.25, 0.3) is 0 Å². The lowest BCUT2D eigenvalue weighted by Gasteiger charge is -2.08. The van der Waals surface area contributed by atoms with Crippen molar-refractivity contribution in [1.82, 2.24) is 4.57 Å².